The van der Waals surface area contributed by atoms with Crippen molar-refractivity contribution >= 4 is 11.9 Å². The highest BCUT2D eigenvalue weighted by atomic mass is 16.5. The summed E-state index contributed by atoms with van der Waals surface area (Å²) in [7, 11) is 0. The molecule has 0 atom stereocenters. The molecule has 0 amide bonds. The van der Waals surface area contributed by atoms with Crippen LogP contribution in [0.25, 0.3) is 11.1 Å². The number of carbonyl (C=O) groups excluding carboxylic acids is 2. The number of esters is 2. The highest BCUT2D eigenvalue weighted by molar-refractivity contribution is 5.87. The summed E-state index contributed by atoms with van der Waals surface area (Å²) >= 11 is 0. The summed E-state index contributed by atoms with van der Waals surface area (Å²) in [6.07, 6.45) is 4.93. The molecule has 0 saturated heterocycles. The van der Waals surface area contributed by atoms with E-state index in [-0.39, 0.29) is 0 Å². The Morgan fingerprint density at radius 2 is 1.26 bits per heavy atom. The lowest BCUT2D eigenvalue weighted by Crippen LogP contribution is -1.99. The van der Waals surface area contributed by atoms with Gasteiger partial charge in [0.25, 0.3) is 0 Å². The average Bonchev–Trinajstić information content (AvgIpc) is 2.75. The van der Waals surface area contributed by atoms with Gasteiger partial charge in [-0.1, -0.05) is 31.4 Å². The second kappa shape index (κ2) is 11.2. The van der Waals surface area contributed by atoms with Crippen molar-refractivity contribution in [1.82, 2.24) is 0 Å². The summed E-state index contributed by atoms with van der Waals surface area (Å²) in [6, 6.07) is 13.2. The fourth-order valence-electron chi connectivity index (χ4n) is 2.27. The lowest BCUT2D eigenvalue weighted by Gasteiger charge is -2.09. The van der Waals surface area contributed by atoms with E-state index in [9.17, 15) is 9.59 Å². The molecule has 0 saturated carbocycles. The lowest BCUT2D eigenvalue weighted by molar-refractivity contribution is -0.134. The topological polar surface area (TPSA) is 71.1 Å². The van der Waals surface area contributed by atoms with E-state index in [2.05, 4.69) is 13.2 Å². The van der Waals surface area contributed by atoms with Gasteiger partial charge in [0.05, 0.1) is 0 Å². The van der Waals surface area contributed by atoms with Crippen molar-refractivity contribution in [2.45, 2.75) is 20.8 Å². The number of hydrogen-bond acceptors (Lipinski definition) is 6. The van der Waals surface area contributed by atoms with Crippen LogP contribution in [0.4, 0.5) is 0 Å². The first kappa shape index (κ1) is 23.2. The van der Waals surface area contributed by atoms with Gasteiger partial charge in [-0.25, -0.2) is 9.59 Å². The van der Waals surface area contributed by atoms with Gasteiger partial charge in [-0.05, 0) is 61.7 Å². The fraction of sp³-hybridized carbons (Fsp3) is 0.120. The maximum absolute atomic E-state index is 11.3. The van der Waals surface area contributed by atoms with Crippen LogP contribution in [0.1, 0.15) is 19.4 Å². The largest absolute Gasteiger partial charge is 0.462 e. The van der Waals surface area contributed by atoms with E-state index in [4.69, 9.17) is 18.9 Å². The minimum Gasteiger partial charge on any atom is -0.462 e. The van der Waals surface area contributed by atoms with Crippen LogP contribution in [0.15, 0.2) is 91.8 Å². The monoisotopic (exact) mass is 420 g/mol. The summed E-state index contributed by atoms with van der Waals surface area (Å²) in [5, 5.41) is 0. The molecule has 0 aliphatic rings. The third kappa shape index (κ3) is 7.36. The van der Waals surface area contributed by atoms with E-state index >= 15 is 0 Å². The van der Waals surface area contributed by atoms with Gasteiger partial charge >= 0.3 is 11.9 Å². The number of benzene rings is 2. The van der Waals surface area contributed by atoms with Gasteiger partial charge in [0, 0.05) is 11.1 Å². The third-order valence-electron chi connectivity index (χ3n) is 3.92. The first-order valence-corrected chi connectivity index (χ1v) is 9.35. The molecule has 0 unspecified atom stereocenters. The van der Waals surface area contributed by atoms with Crippen LogP contribution in [-0.2, 0) is 19.1 Å². The number of aryl methyl sites for hydroxylation is 1. The van der Waals surface area contributed by atoms with Crippen LogP contribution in [0.5, 0.6) is 11.5 Å². The average molecular weight is 420 g/mol. The van der Waals surface area contributed by atoms with E-state index in [1.807, 2.05) is 37.3 Å². The molecular weight excluding hydrogens is 396 g/mol. The molecule has 2 rings (SSSR count). The third-order valence-corrected chi connectivity index (χ3v) is 3.92. The van der Waals surface area contributed by atoms with Gasteiger partial charge in [-0.2, -0.15) is 0 Å². The Kier molecular flexibility index (Phi) is 8.40. The summed E-state index contributed by atoms with van der Waals surface area (Å²) in [6.45, 7) is 12.0. The van der Waals surface area contributed by atoms with Crippen molar-refractivity contribution in [1.29, 1.82) is 0 Å². The standard InChI is InChI=1S/C25H24O6/c1-17(2)24(26)30-14-12-28-22-9-6-20(7-10-22)21-8-11-23(19(5)16-21)29-13-15-31-25(27)18(3)4/h6-16H,1,3H2,2,4-5H3. The number of rotatable bonds is 9. The Balaban J connectivity index is 1.95. The molecule has 0 radical (unpaired) electrons. The van der Waals surface area contributed by atoms with E-state index < -0.39 is 11.9 Å². The number of carbonyl (C=O) groups is 2. The molecule has 2 aromatic rings. The lowest BCUT2D eigenvalue weighted by atomic mass is 10.0. The van der Waals surface area contributed by atoms with Gasteiger partial charge in [-0.3, -0.25) is 0 Å². The van der Waals surface area contributed by atoms with Crippen molar-refractivity contribution < 1.29 is 28.5 Å². The second-order valence-electron chi connectivity index (χ2n) is 6.66. The number of hydrogen-bond donors (Lipinski definition) is 0. The molecule has 0 aliphatic heterocycles. The molecule has 6 heteroatoms. The van der Waals surface area contributed by atoms with Gasteiger partial charge in [-0.15, -0.1) is 0 Å². The van der Waals surface area contributed by atoms with E-state index in [1.165, 1.54) is 25.0 Å². The predicted molar refractivity (Wildman–Crippen MR) is 118 cm³/mol. The van der Waals surface area contributed by atoms with Crippen molar-refractivity contribution in [2.75, 3.05) is 0 Å². The minimum absolute atomic E-state index is 0.308. The molecular formula is C25H24O6. The Labute approximate surface area is 181 Å². The normalized spacial score (nSPS) is 10.7. The van der Waals surface area contributed by atoms with Crippen LogP contribution in [-0.4, -0.2) is 11.9 Å². The summed E-state index contributed by atoms with van der Waals surface area (Å²) in [4.78, 5) is 22.6. The highest BCUT2D eigenvalue weighted by Gasteiger charge is 2.04. The van der Waals surface area contributed by atoms with Crippen LogP contribution in [0.3, 0.4) is 0 Å². The molecule has 0 fully saturated rings. The zero-order valence-corrected chi connectivity index (χ0v) is 17.7. The minimum atomic E-state index is -0.513. The maximum Gasteiger partial charge on any atom is 0.338 e. The Hall–Kier alpha value is -4.06. The fourth-order valence-corrected chi connectivity index (χ4v) is 2.27. The zero-order chi connectivity index (χ0) is 22.8. The first-order valence-electron chi connectivity index (χ1n) is 9.35. The maximum atomic E-state index is 11.3. The van der Waals surface area contributed by atoms with E-state index in [1.54, 1.807) is 26.0 Å². The molecule has 0 aromatic heterocycles. The summed E-state index contributed by atoms with van der Waals surface area (Å²) in [5.74, 6) is 0.211. The van der Waals surface area contributed by atoms with Gasteiger partial charge in [0.15, 0.2) is 0 Å². The molecule has 0 N–H and O–H groups in total. The van der Waals surface area contributed by atoms with E-state index in [0.29, 0.717) is 22.6 Å². The zero-order valence-electron chi connectivity index (χ0n) is 17.7. The van der Waals surface area contributed by atoms with Crippen molar-refractivity contribution in [2.24, 2.45) is 0 Å². The SMILES string of the molecule is C=C(C)C(=O)OC=COc1ccc(-c2ccc(OC=COC(=O)C(=C)C)c(C)c2)cc1. The smallest absolute Gasteiger partial charge is 0.338 e. The van der Waals surface area contributed by atoms with Gasteiger partial charge in [0.2, 0.25) is 0 Å². The molecule has 6 nitrogen and oxygen atoms in total. The van der Waals surface area contributed by atoms with Gasteiger partial charge in [0.1, 0.15) is 36.5 Å². The van der Waals surface area contributed by atoms with Crippen LogP contribution in [0.2, 0.25) is 0 Å². The van der Waals surface area contributed by atoms with Crippen LogP contribution in [0, 0.1) is 6.92 Å². The molecule has 31 heavy (non-hydrogen) atoms. The Morgan fingerprint density at radius 1 is 0.742 bits per heavy atom. The quantitative estimate of drug-likeness (QED) is 0.299. The van der Waals surface area contributed by atoms with Crippen LogP contribution < -0.4 is 9.47 Å². The summed E-state index contributed by atoms with van der Waals surface area (Å²) in [5.41, 5.74) is 3.52. The first-order chi connectivity index (χ1) is 14.8. The second-order valence-corrected chi connectivity index (χ2v) is 6.66. The van der Waals surface area contributed by atoms with Gasteiger partial charge < -0.3 is 18.9 Å². The van der Waals surface area contributed by atoms with Crippen molar-refractivity contribution in [3.05, 3.63) is 97.4 Å². The predicted octanol–water partition coefficient (Wildman–Crippen LogP) is 5.60. The molecule has 0 bridgehead atoms. The molecule has 2 aromatic carbocycles. The Bertz CT molecular complexity index is 1030. The Morgan fingerprint density at radius 3 is 1.77 bits per heavy atom. The van der Waals surface area contributed by atoms with Crippen LogP contribution >= 0.6 is 0 Å². The molecule has 0 heterocycles. The molecule has 0 spiro atoms. The van der Waals surface area contributed by atoms with Crippen molar-refractivity contribution in [3.63, 3.8) is 0 Å². The number of ether oxygens (including phenoxy) is 4. The summed E-state index contributed by atoms with van der Waals surface area (Å²) < 4.78 is 20.6. The highest BCUT2D eigenvalue weighted by Crippen LogP contribution is 2.27. The van der Waals surface area contributed by atoms with Crippen molar-refractivity contribution in [3.8, 4) is 22.6 Å². The molecule has 160 valence electrons. The molecule has 0 aliphatic carbocycles. The van der Waals surface area contributed by atoms with E-state index in [0.717, 1.165) is 16.7 Å².